The van der Waals surface area contributed by atoms with Gasteiger partial charge < -0.3 is 9.84 Å². The Morgan fingerprint density at radius 1 is 0.973 bits per heavy atom. The van der Waals surface area contributed by atoms with Crippen molar-refractivity contribution in [1.82, 2.24) is 8.28 Å². The minimum Gasteiger partial charge on any atom is -0.504 e. The molecule has 0 bridgehead atoms. The first-order valence-corrected chi connectivity index (χ1v) is 13.9. The first-order chi connectivity index (χ1) is 17.6. The zero-order chi connectivity index (χ0) is 26.5. The van der Waals surface area contributed by atoms with Crippen LogP contribution < -0.4 is 4.74 Å². The minimum absolute atomic E-state index is 0.0129. The molecule has 11 nitrogen and oxygen atoms in total. The zero-order valence-electron chi connectivity index (χ0n) is 19.4. The fourth-order valence-corrected chi connectivity index (χ4v) is 7.79. The normalized spacial score (nSPS) is 14.4. The second kappa shape index (κ2) is 8.87. The molecule has 1 aromatic heterocycles. The van der Waals surface area contributed by atoms with E-state index in [2.05, 4.69) is 0 Å². The van der Waals surface area contributed by atoms with Crippen LogP contribution in [0.15, 0.2) is 76.5 Å². The Morgan fingerprint density at radius 2 is 1.65 bits per heavy atom. The van der Waals surface area contributed by atoms with Gasteiger partial charge in [0.25, 0.3) is 15.7 Å². The zero-order valence-corrected chi connectivity index (χ0v) is 21.1. The molecule has 0 unspecified atom stereocenters. The largest absolute Gasteiger partial charge is 0.504 e. The molecule has 0 aliphatic carbocycles. The number of rotatable bonds is 6. The Hall–Kier alpha value is -3.94. The quantitative estimate of drug-likeness (QED) is 0.288. The molecule has 192 valence electrons. The van der Waals surface area contributed by atoms with Crippen molar-refractivity contribution in [1.29, 1.82) is 0 Å². The Balaban J connectivity index is 1.71. The number of sulfonamides is 1. The van der Waals surface area contributed by atoms with E-state index in [9.17, 15) is 32.1 Å². The van der Waals surface area contributed by atoms with E-state index < -0.39 is 35.6 Å². The number of hydrogen-bond donors (Lipinski definition) is 1. The van der Waals surface area contributed by atoms with Crippen LogP contribution in [0.1, 0.15) is 11.3 Å². The standard InChI is InChI=1S/C24H21N3O8S2/c1-35-23-14-21-17(13-22(23)28)18-15-25(37(33,34)24-10-6-5-9-20(24)27(29)30)12-11-19(18)26(21)36(31,32)16-7-3-2-4-8-16/h2-10,13-14,28H,11-12,15H2,1H3. The van der Waals surface area contributed by atoms with Crippen molar-refractivity contribution in [3.63, 3.8) is 0 Å². The number of para-hydroxylation sites is 1. The number of phenols is 1. The lowest BCUT2D eigenvalue weighted by molar-refractivity contribution is -0.387. The van der Waals surface area contributed by atoms with Gasteiger partial charge in [-0.1, -0.05) is 30.3 Å². The lowest BCUT2D eigenvalue weighted by Crippen LogP contribution is -2.37. The maximum atomic E-state index is 13.7. The lowest BCUT2D eigenvalue weighted by atomic mass is 10.1. The SMILES string of the molecule is COc1cc2c(cc1O)c1c(n2S(=O)(=O)c2ccccc2)CCN(S(=O)(=O)c2ccccc2[N+](=O)[O-])C1. The molecule has 0 amide bonds. The molecule has 0 atom stereocenters. The molecule has 0 saturated heterocycles. The summed E-state index contributed by atoms with van der Waals surface area (Å²) in [6.45, 7) is -0.353. The van der Waals surface area contributed by atoms with E-state index >= 15 is 0 Å². The van der Waals surface area contributed by atoms with Crippen molar-refractivity contribution in [3.05, 3.63) is 88.1 Å². The van der Waals surface area contributed by atoms with Gasteiger partial charge in [0.1, 0.15) is 0 Å². The number of benzene rings is 3. The number of phenolic OH excluding ortho intramolecular Hbond substituents is 1. The molecule has 4 aromatic rings. The van der Waals surface area contributed by atoms with Crippen LogP contribution in [0.25, 0.3) is 10.9 Å². The van der Waals surface area contributed by atoms with E-state index in [4.69, 9.17) is 4.74 Å². The molecule has 37 heavy (non-hydrogen) atoms. The summed E-state index contributed by atoms with van der Waals surface area (Å²) in [4.78, 5) is 10.3. The van der Waals surface area contributed by atoms with Crippen LogP contribution in [0.5, 0.6) is 11.5 Å². The Kier molecular flexibility index (Phi) is 5.93. The molecule has 5 rings (SSSR count). The van der Waals surface area contributed by atoms with Crippen molar-refractivity contribution in [2.45, 2.75) is 22.8 Å². The van der Waals surface area contributed by atoms with E-state index in [0.29, 0.717) is 16.6 Å². The summed E-state index contributed by atoms with van der Waals surface area (Å²) in [6, 6.07) is 15.6. The maximum absolute atomic E-state index is 13.7. The highest BCUT2D eigenvalue weighted by molar-refractivity contribution is 7.90. The van der Waals surface area contributed by atoms with Crippen molar-refractivity contribution in [3.8, 4) is 11.5 Å². The molecule has 1 aliphatic rings. The molecule has 2 heterocycles. The van der Waals surface area contributed by atoms with Crippen molar-refractivity contribution < 1.29 is 31.6 Å². The number of nitro benzene ring substituents is 1. The van der Waals surface area contributed by atoms with Gasteiger partial charge in [0.2, 0.25) is 10.0 Å². The number of methoxy groups -OCH3 is 1. The number of fused-ring (bicyclic) bond motifs is 3. The van der Waals surface area contributed by atoms with Gasteiger partial charge in [-0.25, -0.2) is 20.8 Å². The van der Waals surface area contributed by atoms with E-state index in [1.165, 1.54) is 49.6 Å². The molecular formula is C24H21N3O8S2. The van der Waals surface area contributed by atoms with Crippen LogP contribution in [0.4, 0.5) is 5.69 Å². The Labute approximate surface area is 212 Å². The summed E-state index contributed by atoms with van der Waals surface area (Å²) in [5.41, 5.74) is 0.402. The van der Waals surface area contributed by atoms with Crippen molar-refractivity contribution in [2.75, 3.05) is 13.7 Å². The van der Waals surface area contributed by atoms with Gasteiger partial charge in [-0.3, -0.25) is 10.1 Å². The van der Waals surface area contributed by atoms with Crippen LogP contribution in [0.3, 0.4) is 0 Å². The van der Waals surface area contributed by atoms with E-state index in [1.54, 1.807) is 18.2 Å². The van der Waals surface area contributed by atoms with Crippen LogP contribution in [-0.4, -0.2) is 48.8 Å². The van der Waals surface area contributed by atoms with Crippen LogP contribution in [0.2, 0.25) is 0 Å². The highest BCUT2D eigenvalue weighted by atomic mass is 32.2. The molecule has 1 aliphatic heterocycles. The number of aromatic hydroxyl groups is 1. The first-order valence-electron chi connectivity index (χ1n) is 11.0. The average Bonchev–Trinajstić information content (AvgIpc) is 3.21. The van der Waals surface area contributed by atoms with E-state index in [0.717, 1.165) is 14.3 Å². The predicted octanol–water partition coefficient (Wildman–Crippen LogP) is 3.25. The van der Waals surface area contributed by atoms with Gasteiger partial charge in [-0.15, -0.1) is 0 Å². The van der Waals surface area contributed by atoms with Crippen LogP contribution in [-0.2, 0) is 33.0 Å². The highest BCUT2D eigenvalue weighted by Crippen LogP contribution is 2.41. The van der Waals surface area contributed by atoms with E-state index in [-0.39, 0.29) is 41.4 Å². The predicted molar refractivity (Wildman–Crippen MR) is 134 cm³/mol. The summed E-state index contributed by atoms with van der Waals surface area (Å²) in [6.07, 6.45) is 0.0129. The Bertz CT molecular complexity index is 1760. The van der Waals surface area contributed by atoms with Gasteiger partial charge in [0, 0.05) is 42.7 Å². The van der Waals surface area contributed by atoms with Gasteiger partial charge >= 0.3 is 0 Å². The fraction of sp³-hybridized carbons (Fsp3) is 0.167. The molecule has 13 heteroatoms. The third-order valence-electron chi connectivity index (χ3n) is 6.33. The van der Waals surface area contributed by atoms with E-state index in [1.807, 2.05) is 0 Å². The van der Waals surface area contributed by atoms with Crippen molar-refractivity contribution in [2.24, 2.45) is 0 Å². The molecule has 0 fully saturated rings. The molecule has 0 saturated carbocycles. The third kappa shape index (κ3) is 3.91. The monoisotopic (exact) mass is 543 g/mol. The molecule has 3 aromatic carbocycles. The minimum atomic E-state index is -4.30. The molecule has 0 spiro atoms. The summed E-state index contributed by atoms with van der Waals surface area (Å²) >= 11 is 0. The number of hydrogen-bond acceptors (Lipinski definition) is 8. The van der Waals surface area contributed by atoms with Crippen LogP contribution >= 0.6 is 0 Å². The first kappa shape index (κ1) is 24.7. The second-order valence-electron chi connectivity index (χ2n) is 8.36. The summed E-state index contributed by atoms with van der Waals surface area (Å²) < 4.78 is 61.9. The molecular weight excluding hydrogens is 522 g/mol. The van der Waals surface area contributed by atoms with Gasteiger partial charge in [-0.05, 0) is 29.8 Å². The fourth-order valence-electron chi connectivity index (χ4n) is 4.61. The number of nitrogens with zero attached hydrogens (tertiary/aromatic N) is 3. The summed E-state index contributed by atoms with van der Waals surface area (Å²) in [7, 11) is -7.07. The lowest BCUT2D eigenvalue weighted by Gasteiger charge is -2.27. The third-order valence-corrected chi connectivity index (χ3v) is 9.99. The van der Waals surface area contributed by atoms with Gasteiger partial charge in [-0.2, -0.15) is 4.31 Å². The Morgan fingerprint density at radius 3 is 2.32 bits per heavy atom. The molecule has 0 radical (unpaired) electrons. The molecule has 1 N–H and O–H groups in total. The smallest absolute Gasteiger partial charge is 0.289 e. The highest BCUT2D eigenvalue weighted by Gasteiger charge is 2.37. The summed E-state index contributed by atoms with van der Waals surface area (Å²) in [5, 5.41) is 22.3. The number of nitro groups is 1. The number of aromatic nitrogens is 1. The maximum Gasteiger partial charge on any atom is 0.289 e. The second-order valence-corrected chi connectivity index (χ2v) is 12.1. The van der Waals surface area contributed by atoms with Crippen molar-refractivity contribution >= 4 is 36.6 Å². The average molecular weight is 544 g/mol. The topological polar surface area (TPSA) is 149 Å². The van der Waals surface area contributed by atoms with Gasteiger partial charge in [0.15, 0.2) is 16.4 Å². The van der Waals surface area contributed by atoms with Crippen LogP contribution in [0, 0.1) is 10.1 Å². The number of ether oxygens (including phenoxy) is 1. The summed E-state index contributed by atoms with van der Waals surface area (Å²) in [5.74, 6) is -0.193. The van der Waals surface area contributed by atoms with Gasteiger partial charge in [0.05, 0.1) is 22.4 Å².